The lowest BCUT2D eigenvalue weighted by molar-refractivity contribution is 0.255. The van der Waals surface area contributed by atoms with Crippen LogP contribution in [0.3, 0.4) is 0 Å². The third-order valence-electron chi connectivity index (χ3n) is 4.94. The monoisotopic (exact) mass is 380 g/mol. The zero-order chi connectivity index (χ0) is 18.9. The molecule has 2 atom stereocenters. The summed E-state index contributed by atoms with van der Waals surface area (Å²) in [4.78, 5) is 0.319. The quantitative estimate of drug-likeness (QED) is 0.674. The van der Waals surface area contributed by atoms with Gasteiger partial charge >= 0.3 is 0 Å². The van der Waals surface area contributed by atoms with Crippen molar-refractivity contribution in [3.63, 3.8) is 0 Å². The lowest BCUT2D eigenvalue weighted by atomic mass is 9.89. The second kappa shape index (κ2) is 7.08. The van der Waals surface area contributed by atoms with Gasteiger partial charge in [0.25, 0.3) is 0 Å². The van der Waals surface area contributed by atoms with Gasteiger partial charge in [-0.15, -0.1) is 0 Å². The van der Waals surface area contributed by atoms with Gasteiger partial charge in [0, 0.05) is 17.5 Å². The van der Waals surface area contributed by atoms with Crippen molar-refractivity contribution >= 4 is 9.84 Å². The maximum absolute atomic E-state index is 13.6. The molecule has 1 aliphatic heterocycles. The summed E-state index contributed by atoms with van der Waals surface area (Å²) in [7, 11) is -2.03. The number of hydrogen-bond acceptors (Lipinski definition) is 4. The Morgan fingerprint density at radius 1 is 0.926 bits per heavy atom. The van der Waals surface area contributed by atoms with Crippen LogP contribution in [0.25, 0.3) is 0 Å². The van der Waals surface area contributed by atoms with Crippen LogP contribution in [0.2, 0.25) is 0 Å². The highest BCUT2D eigenvalue weighted by Gasteiger charge is 2.42. The highest BCUT2D eigenvalue weighted by molar-refractivity contribution is 7.91. The second-order valence-electron chi connectivity index (χ2n) is 6.51. The third-order valence-corrected chi connectivity index (χ3v) is 7.13. The molecule has 0 fully saturated rings. The molecule has 0 aromatic heterocycles. The van der Waals surface area contributed by atoms with Crippen molar-refractivity contribution in [2.45, 2.75) is 16.1 Å². The van der Waals surface area contributed by atoms with Crippen LogP contribution in [0.15, 0.2) is 83.8 Å². The van der Waals surface area contributed by atoms with Crippen LogP contribution < -0.4 is 9.47 Å². The third kappa shape index (κ3) is 3.19. The number of methoxy groups -OCH3 is 1. The van der Waals surface area contributed by atoms with Crippen molar-refractivity contribution in [1.82, 2.24) is 0 Å². The average molecular weight is 380 g/mol. The molecule has 4 nitrogen and oxygen atoms in total. The predicted octanol–water partition coefficient (Wildman–Crippen LogP) is 4.39. The van der Waals surface area contributed by atoms with E-state index in [2.05, 4.69) is 0 Å². The number of sulfone groups is 1. The summed E-state index contributed by atoms with van der Waals surface area (Å²) in [6.07, 6.45) is 0. The number of rotatable bonds is 4. The molecular formula is C22H20O4S. The minimum absolute atomic E-state index is 0.293. The molecule has 1 heterocycles. The summed E-state index contributed by atoms with van der Waals surface area (Å²) in [5.74, 6) is 0.908. The zero-order valence-electron chi connectivity index (χ0n) is 14.9. The van der Waals surface area contributed by atoms with Gasteiger partial charge in [-0.2, -0.15) is 0 Å². The highest BCUT2D eigenvalue weighted by atomic mass is 32.2. The molecule has 0 saturated carbocycles. The molecule has 138 valence electrons. The first-order valence-electron chi connectivity index (χ1n) is 8.76. The van der Waals surface area contributed by atoms with Crippen LogP contribution in [0.4, 0.5) is 0 Å². The van der Waals surface area contributed by atoms with Crippen LogP contribution in [-0.4, -0.2) is 22.1 Å². The van der Waals surface area contributed by atoms with Gasteiger partial charge in [-0.25, -0.2) is 8.42 Å². The molecule has 0 aliphatic carbocycles. The van der Waals surface area contributed by atoms with Crippen LogP contribution in [-0.2, 0) is 9.84 Å². The Bertz CT molecular complexity index is 1030. The Balaban J connectivity index is 1.89. The van der Waals surface area contributed by atoms with Crippen LogP contribution in [0.5, 0.6) is 11.5 Å². The fourth-order valence-corrected chi connectivity index (χ4v) is 5.62. The summed E-state index contributed by atoms with van der Waals surface area (Å²) in [6, 6.07) is 23.6. The normalized spacial score (nSPS) is 19.0. The SMILES string of the molecule is COc1ccc2c(c1)OC[C@@H](c1ccccc1)[C@H]2S(=O)(=O)c1ccccc1. The van der Waals surface area contributed by atoms with Crippen LogP contribution in [0, 0.1) is 0 Å². The van der Waals surface area contributed by atoms with Crippen molar-refractivity contribution in [2.24, 2.45) is 0 Å². The fourth-order valence-electron chi connectivity index (χ4n) is 3.60. The highest BCUT2D eigenvalue weighted by Crippen LogP contribution is 2.48. The van der Waals surface area contributed by atoms with E-state index in [1.807, 2.05) is 36.4 Å². The molecule has 1 aliphatic rings. The van der Waals surface area contributed by atoms with E-state index < -0.39 is 15.1 Å². The number of fused-ring (bicyclic) bond motifs is 1. The Kier molecular flexibility index (Phi) is 4.62. The second-order valence-corrected chi connectivity index (χ2v) is 8.58. The molecule has 27 heavy (non-hydrogen) atoms. The van der Waals surface area contributed by atoms with Gasteiger partial charge in [-0.05, 0) is 23.8 Å². The molecular weight excluding hydrogens is 360 g/mol. The number of benzene rings is 3. The number of ether oxygens (including phenoxy) is 2. The molecule has 0 radical (unpaired) electrons. The van der Waals surface area contributed by atoms with E-state index >= 15 is 0 Å². The van der Waals surface area contributed by atoms with Gasteiger partial charge < -0.3 is 9.47 Å². The molecule has 0 amide bonds. The van der Waals surface area contributed by atoms with E-state index in [1.165, 1.54) is 0 Å². The Hall–Kier alpha value is -2.79. The largest absolute Gasteiger partial charge is 0.497 e. The molecule has 0 spiro atoms. The first kappa shape index (κ1) is 17.6. The molecule has 4 rings (SSSR count). The van der Waals surface area contributed by atoms with Gasteiger partial charge in [0.2, 0.25) is 0 Å². The Morgan fingerprint density at radius 2 is 1.59 bits per heavy atom. The van der Waals surface area contributed by atoms with E-state index in [4.69, 9.17) is 9.47 Å². The van der Waals surface area contributed by atoms with Crippen molar-refractivity contribution < 1.29 is 17.9 Å². The van der Waals surface area contributed by atoms with Gasteiger partial charge in [0.05, 0.1) is 18.6 Å². The van der Waals surface area contributed by atoms with E-state index in [9.17, 15) is 8.42 Å². The fraction of sp³-hybridized carbons (Fsp3) is 0.182. The van der Waals surface area contributed by atoms with Crippen molar-refractivity contribution in [2.75, 3.05) is 13.7 Å². The van der Waals surface area contributed by atoms with Crippen molar-refractivity contribution in [1.29, 1.82) is 0 Å². The molecule has 0 unspecified atom stereocenters. The first-order valence-corrected chi connectivity index (χ1v) is 10.3. The van der Waals surface area contributed by atoms with E-state index in [0.29, 0.717) is 28.6 Å². The standard InChI is InChI=1S/C22H20O4S/c1-25-17-12-13-19-21(14-17)26-15-20(16-8-4-2-5-9-16)22(19)27(23,24)18-10-6-3-7-11-18/h2-14,20,22H,15H2,1H3/t20-,22-/m0/s1. The minimum atomic E-state index is -3.61. The van der Waals surface area contributed by atoms with E-state index in [1.54, 1.807) is 49.6 Å². The number of hydrogen-bond donors (Lipinski definition) is 0. The summed E-state index contributed by atoms with van der Waals surface area (Å²) >= 11 is 0. The summed E-state index contributed by atoms with van der Waals surface area (Å²) in [6.45, 7) is 0.293. The minimum Gasteiger partial charge on any atom is -0.497 e. The summed E-state index contributed by atoms with van der Waals surface area (Å²) in [5.41, 5.74) is 1.61. The zero-order valence-corrected chi connectivity index (χ0v) is 15.7. The van der Waals surface area contributed by atoms with Gasteiger partial charge in [0.1, 0.15) is 16.7 Å². The summed E-state index contributed by atoms with van der Waals surface area (Å²) < 4.78 is 38.4. The van der Waals surface area contributed by atoms with Gasteiger partial charge in [-0.3, -0.25) is 0 Å². The van der Waals surface area contributed by atoms with E-state index in [0.717, 1.165) is 5.56 Å². The molecule has 3 aromatic rings. The van der Waals surface area contributed by atoms with Crippen molar-refractivity contribution in [3.05, 3.63) is 90.0 Å². The maximum atomic E-state index is 13.6. The molecule has 3 aromatic carbocycles. The molecule has 0 bridgehead atoms. The van der Waals surface area contributed by atoms with E-state index in [-0.39, 0.29) is 5.92 Å². The maximum Gasteiger partial charge on any atom is 0.186 e. The first-order chi connectivity index (χ1) is 13.1. The Morgan fingerprint density at radius 3 is 2.26 bits per heavy atom. The van der Waals surface area contributed by atoms with Gasteiger partial charge in [-0.1, -0.05) is 54.6 Å². The topological polar surface area (TPSA) is 52.6 Å². The van der Waals surface area contributed by atoms with Crippen LogP contribution in [0.1, 0.15) is 22.3 Å². The predicted molar refractivity (Wildman–Crippen MR) is 104 cm³/mol. The molecule has 0 saturated heterocycles. The molecule has 5 heteroatoms. The Labute approximate surface area is 159 Å². The average Bonchev–Trinajstić information content (AvgIpc) is 2.73. The molecule has 0 N–H and O–H groups in total. The smallest absolute Gasteiger partial charge is 0.186 e. The summed E-state index contributed by atoms with van der Waals surface area (Å²) in [5, 5.41) is -0.725. The van der Waals surface area contributed by atoms with Crippen molar-refractivity contribution in [3.8, 4) is 11.5 Å². The lowest BCUT2D eigenvalue weighted by Gasteiger charge is -2.34. The van der Waals surface area contributed by atoms with Gasteiger partial charge in [0.15, 0.2) is 9.84 Å². The lowest BCUT2D eigenvalue weighted by Crippen LogP contribution is -2.30. The van der Waals surface area contributed by atoms with Crippen LogP contribution >= 0.6 is 0 Å².